The lowest BCUT2D eigenvalue weighted by molar-refractivity contribution is -0.238. The van der Waals surface area contributed by atoms with Gasteiger partial charge in [-0.05, 0) is 109 Å². The van der Waals surface area contributed by atoms with E-state index in [1.54, 1.807) is 6.20 Å². The number of carbonyl (C=O) groups excluding carboxylic acids is 3. The molecule has 0 unspecified atom stereocenters. The number of aromatic nitrogens is 2. The number of imidazole rings is 1. The Morgan fingerprint density at radius 2 is 1.64 bits per heavy atom. The molecule has 1 amide bonds. The average molecular weight is 734 g/mol. The van der Waals surface area contributed by atoms with Crippen LogP contribution in [0.3, 0.4) is 0 Å². The van der Waals surface area contributed by atoms with E-state index < -0.39 is 34.7 Å². The number of aliphatic hydroxyl groups is 1. The number of allylic oxidation sites excluding steroid dienone is 1. The van der Waals surface area contributed by atoms with E-state index in [1.807, 2.05) is 13.8 Å². The van der Waals surface area contributed by atoms with Gasteiger partial charge in [0.15, 0.2) is 11.6 Å². The molecule has 1 heterocycles. The van der Waals surface area contributed by atoms with Gasteiger partial charge in [-0.1, -0.05) is 67.9 Å². The number of carboxylic acid groups (broad SMARTS) is 1. The number of rotatable bonds is 8. The SMILES string of the molecule is CC(C)C1=C2[C@H]3CC[C@@H]4[C@@]5(C)CC[C@H](OC(=O)[C@H]6C[C@@H](C(=O)O)C6(C)C)C(C)(C)[C@@H]5CC[C@@]4(C)[C@]3(C)CC[C@@]2([C@@H](O)CNC(=O)c2ncc[nH]2)CC1=O. The van der Waals surface area contributed by atoms with Crippen molar-refractivity contribution in [3.8, 4) is 0 Å². The zero-order valence-electron chi connectivity index (χ0n) is 33.4. The first-order chi connectivity index (χ1) is 24.7. The number of ether oxygens (including phenoxy) is 1. The highest BCUT2D eigenvalue weighted by Gasteiger charge is 2.71. The molecule has 0 aromatic carbocycles. The van der Waals surface area contributed by atoms with Crippen molar-refractivity contribution in [3.63, 3.8) is 0 Å². The van der Waals surface area contributed by atoms with E-state index in [9.17, 15) is 29.4 Å². The minimum atomic E-state index is -0.890. The molecule has 5 fully saturated rings. The molecule has 292 valence electrons. The van der Waals surface area contributed by atoms with Crippen LogP contribution in [-0.2, 0) is 19.1 Å². The molecule has 4 N–H and O–H groups in total. The van der Waals surface area contributed by atoms with E-state index in [2.05, 4.69) is 63.8 Å². The Bertz CT molecular complexity index is 1710. The first-order valence-corrected chi connectivity index (χ1v) is 20.3. The number of aliphatic carboxylic acids is 1. The Morgan fingerprint density at radius 3 is 2.26 bits per heavy atom. The molecule has 7 rings (SSSR count). The predicted molar refractivity (Wildman–Crippen MR) is 199 cm³/mol. The van der Waals surface area contributed by atoms with E-state index >= 15 is 0 Å². The zero-order valence-corrected chi connectivity index (χ0v) is 33.4. The summed E-state index contributed by atoms with van der Waals surface area (Å²) in [7, 11) is 0. The maximum atomic E-state index is 14.0. The smallest absolute Gasteiger partial charge is 0.309 e. The van der Waals surface area contributed by atoms with Crippen LogP contribution in [0.5, 0.6) is 0 Å². The molecular weight excluding hydrogens is 670 g/mol. The number of aromatic amines is 1. The molecule has 10 nitrogen and oxygen atoms in total. The summed E-state index contributed by atoms with van der Waals surface area (Å²) in [5.74, 6) is -0.975. The van der Waals surface area contributed by atoms with Crippen LogP contribution in [0.4, 0.5) is 0 Å². The fourth-order valence-corrected chi connectivity index (χ4v) is 14.1. The summed E-state index contributed by atoms with van der Waals surface area (Å²) in [4.78, 5) is 59.1. The number of hydrogen-bond acceptors (Lipinski definition) is 7. The number of Topliss-reactive ketones (excluding diaryl/α,β-unsaturated/α-hetero) is 1. The summed E-state index contributed by atoms with van der Waals surface area (Å²) in [6, 6.07) is 0. The van der Waals surface area contributed by atoms with Gasteiger partial charge in [0.1, 0.15) is 6.10 Å². The quantitative estimate of drug-likeness (QED) is 0.205. The van der Waals surface area contributed by atoms with E-state index in [4.69, 9.17) is 4.74 Å². The lowest BCUT2D eigenvalue weighted by Gasteiger charge is -2.72. The molecule has 1 aromatic heterocycles. The van der Waals surface area contributed by atoms with Gasteiger partial charge in [-0.15, -0.1) is 0 Å². The number of esters is 1. The Balaban J connectivity index is 1.14. The molecule has 0 spiro atoms. The summed E-state index contributed by atoms with van der Waals surface area (Å²) >= 11 is 0. The molecule has 1 aromatic rings. The van der Waals surface area contributed by atoms with Gasteiger partial charge in [0, 0.05) is 36.2 Å². The summed E-state index contributed by atoms with van der Waals surface area (Å²) in [5, 5.41) is 24.6. The monoisotopic (exact) mass is 733 g/mol. The molecule has 53 heavy (non-hydrogen) atoms. The maximum absolute atomic E-state index is 14.0. The molecule has 0 aliphatic heterocycles. The molecule has 6 aliphatic rings. The number of nitrogens with one attached hydrogen (secondary N) is 2. The van der Waals surface area contributed by atoms with Gasteiger partial charge in [-0.3, -0.25) is 19.2 Å². The van der Waals surface area contributed by atoms with Crippen molar-refractivity contribution in [1.29, 1.82) is 0 Å². The second kappa shape index (κ2) is 12.5. The minimum absolute atomic E-state index is 0.00784. The maximum Gasteiger partial charge on any atom is 0.309 e. The number of ketones is 1. The highest BCUT2D eigenvalue weighted by Crippen LogP contribution is 2.77. The summed E-state index contributed by atoms with van der Waals surface area (Å²) in [6.07, 6.45) is 10.1. The van der Waals surface area contributed by atoms with Crippen molar-refractivity contribution in [1.82, 2.24) is 15.3 Å². The van der Waals surface area contributed by atoms with Gasteiger partial charge < -0.3 is 25.3 Å². The van der Waals surface area contributed by atoms with Crippen molar-refractivity contribution in [2.45, 2.75) is 139 Å². The second-order valence-electron chi connectivity index (χ2n) is 20.3. The topological polar surface area (TPSA) is 159 Å². The Morgan fingerprint density at radius 1 is 0.925 bits per heavy atom. The summed E-state index contributed by atoms with van der Waals surface area (Å²) in [6.45, 7) is 20.1. The van der Waals surface area contributed by atoms with Crippen LogP contribution in [0.15, 0.2) is 23.5 Å². The van der Waals surface area contributed by atoms with Crippen LogP contribution in [0.2, 0.25) is 0 Å². The molecule has 5 saturated carbocycles. The van der Waals surface area contributed by atoms with Gasteiger partial charge in [0.05, 0.1) is 17.9 Å². The fraction of sp³-hybridized carbons (Fsp3) is 0.791. The van der Waals surface area contributed by atoms with Gasteiger partial charge in [-0.2, -0.15) is 0 Å². The molecular formula is C43H63N3O7. The van der Waals surface area contributed by atoms with Gasteiger partial charge in [0.25, 0.3) is 5.91 Å². The number of nitrogens with zero attached hydrogens (tertiary/aromatic N) is 1. The Labute approximate surface area is 315 Å². The first-order valence-electron chi connectivity index (χ1n) is 20.3. The van der Waals surface area contributed by atoms with Crippen molar-refractivity contribution < 1.29 is 34.1 Å². The van der Waals surface area contributed by atoms with Gasteiger partial charge >= 0.3 is 11.9 Å². The molecule has 6 aliphatic carbocycles. The van der Waals surface area contributed by atoms with Crippen LogP contribution >= 0.6 is 0 Å². The second-order valence-corrected chi connectivity index (χ2v) is 20.3. The molecule has 10 heteroatoms. The van der Waals surface area contributed by atoms with Gasteiger partial charge in [-0.25, -0.2) is 4.98 Å². The third kappa shape index (κ3) is 5.29. The highest BCUT2D eigenvalue weighted by atomic mass is 16.5. The fourth-order valence-electron chi connectivity index (χ4n) is 14.1. The van der Waals surface area contributed by atoms with Crippen LogP contribution in [0, 0.1) is 68.0 Å². The third-order valence-corrected chi connectivity index (χ3v) is 17.3. The number of carboxylic acids is 1. The molecule has 0 saturated heterocycles. The standard InChI is InChI=1S/C43H63N3O7/c1-23(2)32-27(47)21-43(30(48)22-46-35(49)34-44-18-19-45-34)17-16-41(8)24(33(32)43)10-11-29-40(7)14-13-31(39(5,6)28(40)12-15-42(29,41)9)53-37(52)26-20-25(36(50)51)38(26,3)4/h18-19,23-26,28-31,48H,10-17,20-22H2,1-9H3,(H,44,45)(H,46,49)(H,50,51)/t24-,25+,26-,28+,29-,30+,31+,40+,41-,42-,43+/m1/s1. The average Bonchev–Trinajstić information content (AvgIpc) is 3.71. The van der Waals surface area contributed by atoms with Crippen molar-refractivity contribution in [2.24, 2.45) is 68.0 Å². The number of aliphatic hydroxyl groups excluding tert-OH is 1. The van der Waals surface area contributed by atoms with Crippen LogP contribution < -0.4 is 5.32 Å². The van der Waals surface area contributed by atoms with E-state index in [1.165, 1.54) is 11.8 Å². The third-order valence-electron chi connectivity index (χ3n) is 17.3. The Hall–Kier alpha value is -3.01. The van der Waals surface area contributed by atoms with Crippen molar-refractivity contribution in [2.75, 3.05) is 6.54 Å². The van der Waals surface area contributed by atoms with Crippen molar-refractivity contribution >= 4 is 23.6 Å². The number of carbonyl (C=O) groups is 4. The van der Waals surface area contributed by atoms with E-state index in [0.29, 0.717) is 31.1 Å². The Kier molecular flexibility index (Phi) is 9.03. The van der Waals surface area contributed by atoms with Gasteiger partial charge in [0.2, 0.25) is 0 Å². The summed E-state index contributed by atoms with van der Waals surface area (Å²) in [5.41, 5.74) is 0.521. The highest BCUT2D eigenvalue weighted by molar-refractivity contribution is 6.01. The number of fused-ring (bicyclic) bond motifs is 7. The summed E-state index contributed by atoms with van der Waals surface area (Å²) < 4.78 is 6.39. The largest absolute Gasteiger partial charge is 0.481 e. The minimum Gasteiger partial charge on any atom is -0.481 e. The van der Waals surface area contributed by atoms with Crippen LogP contribution in [-0.4, -0.2) is 62.6 Å². The van der Waals surface area contributed by atoms with Crippen molar-refractivity contribution in [3.05, 3.63) is 29.4 Å². The number of H-pyrrole nitrogens is 1. The first kappa shape index (κ1) is 38.3. The normalized spacial score (nSPS) is 41.7. The predicted octanol–water partition coefficient (Wildman–Crippen LogP) is 7.14. The van der Waals surface area contributed by atoms with Crippen LogP contribution in [0.25, 0.3) is 0 Å². The zero-order chi connectivity index (χ0) is 38.7. The lowest BCUT2D eigenvalue weighted by Crippen LogP contribution is -2.66. The lowest BCUT2D eigenvalue weighted by atomic mass is 9.33. The molecule has 0 radical (unpaired) electrons. The van der Waals surface area contributed by atoms with E-state index in [0.717, 1.165) is 50.5 Å². The number of amides is 1. The van der Waals surface area contributed by atoms with Crippen LogP contribution in [0.1, 0.15) is 137 Å². The molecule has 11 atom stereocenters. The number of hydrogen-bond donors (Lipinski definition) is 4. The van der Waals surface area contributed by atoms with E-state index in [-0.39, 0.29) is 69.6 Å². The molecule has 0 bridgehead atoms.